The van der Waals surface area contributed by atoms with Gasteiger partial charge in [-0.2, -0.15) is 15.6 Å². The Bertz CT molecular complexity index is 1420. The molecule has 11 heteroatoms. The molecule has 1 saturated heterocycles. The minimum absolute atomic E-state index is 0.288. The second-order valence-corrected chi connectivity index (χ2v) is 9.82. The Labute approximate surface area is 208 Å². The van der Waals surface area contributed by atoms with Crippen LogP contribution in [0.2, 0.25) is 5.02 Å². The molecule has 5 rings (SSSR count). The third kappa shape index (κ3) is 4.25. The summed E-state index contributed by atoms with van der Waals surface area (Å²) >= 11 is 8.91. The van der Waals surface area contributed by atoms with Crippen LogP contribution in [-0.2, 0) is 5.75 Å². The number of aromatic amines is 1. The molecule has 0 aliphatic carbocycles. The number of benzene rings is 1. The number of aromatic nitrogens is 4. The monoisotopic (exact) mass is 505 g/mol. The second-order valence-electron chi connectivity index (χ2n) is 7.56. The maximum atomic E-state index is 10.0. The molecule has 0 atom stereocenters. The Balaban J connectivity index is 1.50. The van der Waals surface area contributed by atoms with E-state index in [9.17, 15) is 15.6 Å². The number of hydrogen-bond donors (Lipinski definition) is 2. The van der Waals surface area contributed by atoms with Gasteiger partial charge in [-0.25, -0.2) is 9.97 Å². The van der Waals surface area contributed by atoms with E-state index in [-0.39, 0.29) is 5.56 Å². The lowest BCUT2D eigenvalue weighted by molar-refractivity contribution is 0.141. The highest BCUT2D eigenvalue weighted by Gasteiger charge is 2.31. The van der Waals surface area contributed by atoms with E-state index in [2.05, 4.69) is 22.3 Å². The first-order valence-corrected chi connectivity index (χ1v) is 12.5. The number of β-amino-alcohol motifs (C(OH)–C–C–N with tert-alkyl or cyclic N) is 1. The molecule has 1 aromatic carbocycles. The molecule has 8 nitrogen and oxygen atoms in total. The minimum atomic E-state index is -0.461. The van der Waals surface area contributed by atoms with Crippen molar-refractivity contribution in [2.75, 3.05) is 18.0 Å². The first-order valence-electron chi connectivity index (χ1n) is 10.2. The number of thiazole rings is 1. The van der Waals surface area contributed by atoms with Crippen molar-refractivity contribution in [2.45, 2.75) is 16.9 Å². The fourth-order valence-corrected chi connectivity index (χ4v) is 5.56. The van der Waals surface area contributed by atoms with Crippen molar-refractivity contribution >= 4 is 40.5 Å². The van der Waals surface area contributed by atoms with Crippen molar-refractivity contribution in [3.8, 4) is 34.0 Å². The Morgan fingerprint density at radius 3 is 2.56 bits per heavy atom. The standard InChI is InChI=1S/C23H16ClN7OS2/c24-14-3-1-13(2-4-14)22-28-15(11-33-22)12-34-23-18(8-26)20(19-5-6-27-30-19)17(7-25)21(29-23)31-9-16(32)10-31/h1-6,11,16,32H,9-10,12H2,(H,27,30). The number of rotatable bonds is 6. The van der Waals surface area contributed by atoms with Gasteiger partial charge < -0.3 is 10.0 Å². The van der Waals surface area contributed by atoms with E-state index in [0.29, 0.717) is 51.5 Å². The number of aliphatic hydroxyl groups is 1. The second kappa shape index (κ2) is 9.45. The molecule has 4 aromatic rings. The van der Waals surface area contributed by atoms with Crippen LogP contribution in [-0.4, -0.2) is 44.5 Å². The summed E-state index contributed by atoms with van der Waals surface area (Å²) in [4.78, 5) is 11.2. The van der Waals surface area contributed by atoms with E-state index in [1.807, 2.05) is 34.5 Å². The summed E-state index contributed by atoms with van der Waals surface area (Å²) in [6.07, 6.45) is 1.11. The molecule has 0 unspecified atom stereocenters. The number of pyridine rings is 1. The summed E-state index contributed by atoms with van der Waals surface area (Å²) in [5.74, 6) is 0.960. The van der Waals surface area contributed by atoms with Gasteiger partial charge in [0.05, 0.1) is 23.1 Å². The van der Waals surface area contributed by atoms with Crippen LogP contribution in [0.15, 0.2) is 46.9 Å². The van der Waals surface area contributed by atoms with Gasteiger partial charge in [-0.15, -0.1) is 11.3 Å². The van der Waals surface area contributed by atoms with Gasteiger partial charge in [-0.1, -0.05) is 35.5 Å². The van der Waals surface area contributed by atoms with Crippen LogP contribution in [0.3, 0.4) is 0 Å². The molecule has 2 N–H and O–H groups in total. The van der Waals surface area contributed by atoms with Crippen LogP contribution in [0.25, 0.3) is 21.8 Å². The van der Waals surface area contributed by atoms with Gasteiger partial charge in [0.15, 0.2) is 0 Å². The summed E-state index contributed by atoms with van der Waals surface area (Å²) in [5.41, 5.74) is 3.48. The highest BCUT2D eigenvalue weighted by atomic mass is 35.5. The maximum Gasteiger partial charge on any atom is 0.148 e. The molecule has 34 heavy (non-hydrogen) atoms. The normalized spacial score (nSPS) is 13.4. The van der Waals surface area contributed by atoms with E-state index in [4.69, 9.17) is 21.6 Å². The molecule has 0 spiro atoms. The number of halogens is 1. The van der Waals surface area contributed by atoms with Crippen molar-refractivity contribution in [3.63, 3.8) is 0 Å². The number of nitrogens with one attached hydrogen (secondary N) is 1. The molecule has 3 aromatic heterocycles. The number of nitrogens with zero attached hydrogens (tertiary/aromatic N) is 6. The number of anilines is 1. The average molecular weight is 506 g/mol. The quantitative estimate of drug-likeness (QED) is 0.368. The third-order valence-electron chi connectivity index (χ3n) is 5.30. The highest BCUT2D eigenvalue weighted by Crippen LogP contribution is 2.39. The third-order valence-corrected chi connectivity index (χ3v) is 7.50. The van der Waals surface area contributed by atoms with Gasteiger partial charge in [0.2, 0.25) is 0 Å². The van der Waals surface area contributed by atoms with Crippen LogP contribution in [0.1, 0.15) is 16.8 Å². The molecule has 0 amide bonds. The summed E-state index contributed by atoms with van der Waals surface area (Å²) < 4.78 is 0. The summed E-state index contributed by atoms with van der Waals surface area (Å²) in [7, 11) is 0. The molecular formula is C23H16ClN7OS2. The topological polar surface area (TPSA) is 126 Å². The molecular weight excluding hydrogens is 490 g/mol. The van der Waals surface area contributed by atoms with Crippen LogP contribution >= 0.6 is 34.7 Å². The van der Waals surface area contributed by atoms with Crippen LogP contribution in [0, 0.1) is 22.7 Å². The number of nitriles is 2. The first-order chi connectivity index (χ1) is 16.6. The summed E-state index contributed by atoms with van der Waals surface area (Å²) in [6, 6.07) is 13.7. The fourth-order valence-electron chi connectivity index (χ4n) is 3.63. The molecule has 1 fully saturated rings. The van der Waals surface area contributed by atoms with Crippen LogP contribution in [0.5, 0.6) is 0 Å². The van der Waals surface area contributed by atoms with Gasteiger partial charge in [0, 0.05) is 46.6 Å². The van der Waals surface area contributed by atoms with Gasteiger partial charge in [-0.05, 0) is 18.2 Å². The molecule has 0 bridgehead atoms. The van der Waals surface area contributed by atoms with Gasteiger partial charge >= 0.3 is 0 Å². The molecule has 168 valence electrons. The van der Waals surface area contributed by atoms with Crippen LogP contribution in [0.4, 0.5) is 5.82 Å². The number of H-pyrrole nitrogens is 1. The average Bonchev–Trinajstić information content (AvgIpc) is 3.52. The predicted octanol–water partition coefficient (Wildman–Crippen LogP) is 4.47. The minimum Gasteiger partial charge on any atom is -0.389 e. The summed E-state index contributed by atoms with van der Waals surface area (Å²) in [5, 5.41) is 40.6. The summed E-state index contributed by atoms with van der Waals surface area (Å²) in [6.45, 7) is 0.771. The zero-order valence-corrected chi connectivity index (χ0v) is 20.0. The van der Waals surface area contributed by atoms with Crippen molar-refractivity contribution in [3.05, 3.63) is 63.8 Å². The Morgan fingerprint density at radius 2 is 1.91 bits per heavy atom. The van der Waals surface area contributed by atoms with Crippen molar-refractivity contribution in [1.29, 1.82) is 10.5 Å². The lowest BCUT2D eigenvalue weighted by Crippen LogP contribution is -2.51. The molecule has 4 heterocycles. The number of hydrogen-bond acceptors (Lipinski definition) is 9. The molecule has 0 radical (unpaired) electrons. The molecule has 1 aliphatic heterocycles. The predicted molar refractivity (Wildman–Crippen MR) is 132 cm³/mol. The van der Waals surface area contributed by atoms with E-state index < -0.39 is 6.10 Å². The zero-order valence-electron chi connectivity index (χ0n) is 17.6. The van der Waals surface area contributed by atoms with Crippen molar-refractivity contribution in [2.24, 2.45) is 0 Å². The Morgan fingerprint density at radius 1 is 1.15 bits per heavy atom. The Kier molecular flexibility index (Phi) is 6.22. The lowest BCUT2D eigenvalue weighted by Gasteiger charge is -2.37. The molecule has 1 aliphatic rings. The largest absolute Gasteiger partial charge is 0.389 e. The number of thioether (sulfide) groups is 1. The van der Waals surface area contributed by atoms with Crippen molar-refractivity contribution < 1.29 is 5.11 Å². The highest BCUT2D eigenvalue weighted by molar-refractivity contribution is 7.98. The zero-order chi connectivity index (χ0) is 23.7. The van der Waals surface area contributed by atoms with Gasteiger partial charge in [-0.3, -0.25) is 5.10 Å². The SMILES string of the molecule is N#Cc1c(SCc2csc(-c3ccc(Cl)cc3)n2)nc(N2CC(O)C2)c(C#N)c1-c1ccn[nH]1. The van der Waals surface area contributed by atoms with E-state index in [1.165, 1.54) is 23.1 Å². The smallest absolute Gasteiger partial charge is 0.148 e. The molecule has 0 saturated carbocycles. The van der Waals surface area contributed by atoms with Crippen LogP contribution < -0.4 is 4.90 Å². The maximum absolute atomic E-state index is 10.0. The first kappa shape index (κ1) is 22.4. The van der Waals surface area contributed by atoms with Crippen molar-refractivity contribution in [1.82, 2.24) is 20.2 Å². The van der Waals surface area contributed by atoms with E-state index in [1.54, 1.807) is 12.3 Å². The van der Waals surface area contributed by atoms with E-state index >= 15 is 0 Å². The Hall–Kier alpha value is -3.41. The fraction of sp³-hybridized carbons (Fsp3) is 0.174. The van der Waals surface area contributed by atoms with Gasteiger partial charge in [0.25, 0.3) is 0 Å². The van der Waals surface area contributed by atoms with E-state index in [0.717, 1.165) is 16.3 Å². The van der Waals surface area contributed by atoms with Gasteiger partial charge in [0.1, 0.15) is 33.6 Å². The lowest BCUT2D eigenvalue weighted by atomic mass is 10.00. The number of aliphatic hydroxyl groups excluding tert-OH is 1.